The van der Waals surface area contributed by atoms with Gasteiger partial charge in [0.05, 0.1) is 9.79 Å². The molecule has 2 aromatic carbocycles. The molecule has 0 aromatic heterocycles. The summed E-state index contributed by atoms with van der Waals surface area (Å²) in [5, 5.41) is 9.36. The first-order chi connectivity index (χ1) is 12.5. The van der Waals surface area contributed by atoms with Crippen molar-refractivity contribution in [1.29, 1.82) is 0 Å². The lowest BCUT2D eigenvalue weighted by molar-refractivity contribution is -0.138. The van der Waals surface area contributed by atoms with Crippen molar-refractivity contribution in [3.8, 4) is 0 Å². The summed E-state index contributed by atoms with van der Waals surface area (Å²) >= 11 is 0. The molecule has 0 aliphatic carbocycles. The van der Waals surface area contributed by atoms with Gasteiger partial charge in [0.15, 0.2) is 25.7 Å². The molecule has 1 atom stereocenters. The number of carbonyl (C=O) groups is 1. The standard InChI is InChI=1S/C18H19NO6S2/c1-26(22,23)15-7-3-13(4-8-15)11-17(18(20)21)19-12-14-5-9-16(10-6-14)27(2,24)25/h3-10,12,17H,11H2,1-2H3,(H,20,21). The van der Waals surface area contributed by atoms with E-state index < -0.39 is 31.7 Å². The SMILES string of the molecule is CS(=O)(=O)c1ccc(C=NC(Cc2ccc(S(C)(=O)=O)cc2)C(=O)O)cc1. The smallest absolute Gasteiger partial charge is 0.328 e. The Balaban J connectivity index is 2.16. The molecule has 1 N–H and O–H groups in total. The van der Waals surface area contributed by atoms with Crippen molar-refractivity contribution in [2.45, 2.75) is 22.3 Å². The number of aliphatic carboxylic acids is 1. The molecule has 27 heavy (non-hydrogen) atoms. The minimum atomic E-state index is -3.31. The van der Waals surface area contributed by atoms with Crippen molar-refractivity contribution in [3.63, 3.8) is 0 Å². The van der Waals surface area contributed by atoms with Crippen LogP contribution in [0.1, 0.15) is 11.1 Å². The molecular weight excluding hydrogens is 390 g/mol. The van der Waals surface area contributed by atoms with Gasteiger partial charge in [-0.15, -0.1) is 0 Å². The van der Waals surface area contributed by atoms with Crippen molar-refractivity contribution < 1.29 is 26.7 Å². The molecule has 0 radical (unpaired) electrons. The first-order valence-electron chi connectivity index (χ1n) is 7.82. The van der Waals surface area contributed by atoms with Crippen LogP contribution in [0.5, 0.6) is 0 Å². The normalized spacial score (nSPS) is 13.6. The van der Waals surface area contributed by atoms with Crippen LogP contribution >= 0.6 is 0 Å². The Labute approximate surface area is 158 Å². The molecule has 9 heteroatoms. The summed E-state index contributed by atoms with van der Waals surface area (Å²) in [6.45, 7) is 0. The highest BCUT2D eigenvalue weighted by atomic mass is 32.2. The molecule has 0 saturated carbocycles. The van der Waals surface area contributed by atoms with Gasteiger partial charge in [-0.05, 0) is 35.4 Å². The van der Waals surface area contributed by atoms with E-state index in [1.807, 2.05) is 0 Å². The molecule has 0 bridgehead atoms. The van der Waals surface area contributed by atoms with E-state index in [0.29, 0.717) is 11.1 Å². The predicted molar refractivity (Wildman–Crippen MR) is 102 cm³/mol. The molecule has 0 spiro atoms. The van der Waals surface area contributed by atoms with Gasteiger partial charge in [0.25, 0.3) is 0 Å². The maximum Gasteiger partial charge on any atom is 0.328 e. The fourth-order valence-electron chi connectivity index (χ4n) is 2.28. The molecular formula is C18H19NO6S2. The highest BCUT2D eigenvalue weighted by Crippen LogP contribution is 2.14. The van der Waals surface area contributed by atoms with E-state index in [2.05, 4.69) is 4.99 Å². The lowest BCUT2D eigenvalue weighted by Crippen LogP contribution is -2.21. The fraction of sp³-hybridized carbons (Fsp3) is 0.222. The van der Waals surface area contributed by atoms with Crippen molar-refractivity contribution >= 4 is 31.9 Å². The van der Waals surface area contributed by atoms with Gasteiger partial charge >= 0.3 is 5.97 Å². The number of hydrogen-bond donors (Lipinski definition) is 1. The van der Waals surface area contributed by atoms with Gasteiger partial charge in [-0.2, -0.15) is 0 Å². The van der Waals surface area contributed by atoms with Crippen LogP contribution in [0.15, 0.2) is 63.3 Å². The monoisotopic (exact) mass is 409 g/mol. The lowest BCUT2D eigenvalue weighted by atomic mass is 10.1. The number of nitrogens with zero attached hydrogens (tertiary/aromatic N) is 1. The summed E-state index contributed by atoms with van der Waals surface area (Å²) in [6.07, 6.45) is 3.67. The molecule has 2 aromatic rings. The van der Waals surface area contributed by atoms with Gasteiger partial charge in [-0.25, -0.2) is 21.6 Å². The number of aliphatic imine (C=N–C) groups is 1. The zero-order valence-corrected chi connectivity index (χ0v) is 16.4. The molecule has 0 saturated heterocycles. The fourth-order valence-corrected chi connectivity index (χ4v) is 3.54. The van der Waals surface area contributed by atoms with Gasteiger partial charge in [0.1, 0.15) is 0 Å². The Hall–Kier alpha value is -2.52. The highest BCUT2D eigenvalue weighted by molar-refractivity contribution is 7.91. The van der Waals surface area contributed by atoms with Crippen LogP contribution in [0.25, 0.3) is 0 Å². The molecule has 7 nitrogen and oxygen atoms in total. The summed E-state index contributed by atoms with van der Waals surface area (Å²) < 4.78 is 45.8. The number of carboxylic acids is 1. The second-order valence-corrected chi connectivity index (χ2v) is 10.1. The van der Waals surface area contributed by atoms with Crippen LogP contribution in [0, 0.1) is 0 Å². The summed E-state index contributed by atoms with van der Waals surface area (Å²) in [6, 6.07) is 10.9. The maximum absolute atomic E-state index is 11.5. The first-order valence-corrected chi connectivity index (χ1v) is 11.6. The van der Waals surface area contributed by atoms with Gasteiger partial charge in [-0.1, -0.05) is 24.3 Å². The molecule has 0 heterocycles. The van der Waals surface area contributed by atoms with E-state index in [-0.39, 0.29) is 16.2 Å². The Morgan fingerprint density at radius 3 is 1.78 bits per heavy atom. The molecule has 0 aliphatic heterocycles. The van der Waals surface area contributed by atoms with Gasteiger partial charge in [0, 0.05) is 25.1 Å². The average Bonchev–Trinajstić information content (AvgIpc) is 2.57. The molecule has 0 fully saturated rings. The Kier molecular flexibility index (Phi) is 6.17. The molecule has 144 valence electrons. The topological polar surface area (TPSA) is 118 Å². The predicted octanol–water partition coefficient (Wildman–Crippen LogP) is 1.61. The van der Waals surface area contributed by atoms with Crippen LogP contribution < -0.4 is 0 Å². The van der Waals surface area contributed by atoms with Gasteiger partial charge < -0.3 is 5.11 Å². The third kappa shape index (κ3) is 6.00. The minimum Gasteiger partial charge on any atom is -0.480 e. The van der Waals surface area contributed by atoms with E-state index in [1.165, 1.54) is 30.5 Å². The van der Waals surface area contributed by atoms with Crippen LogP contribution in [-0.2, 0) is 30.9 Å². The minimum absolute atomic E-state index is 0.0945. The van der Waals surface area contributed by atoms with Gasteiger partial charge in [0.2, 0.25) is 0 Å². The van der Waals surface area contributed by atoms with E-state index in [0.717, 1.165) is 12.5 Å². The summed E-state index contributed by atoms with van der Waals surface area (Å²) in [5.41, 5.74) is 1.21. The van der Waals surface area contributed by atoms with Gasteiger partial charge in [-0.3, -0.25) is 4.99 Å². The largest absolute Gasteiger partial charge is 0.480 e. The van der Waals surface area contributed by atoms with Crippen molar-refractivity contribution in [3.05, 3.63) is 59.7 Å². The van der Waals surface area contributed by atoms with Crippen LogP contribution in [0.3, 0.4) is 0 Å². The van der Waals surface area contributed by atoms with Crippen molar-refractivity contribution in [2.24, 2.45) is 4.99 Å². The Morgan fingerprint density at radius 1 is 0.926 bits per heavy atom. The number of rotatable bonds is 7. The second kappa shape index (κ2) is 8.01. The third-order valence-electron chi connectivity index (χ3n) is 3.78. The van der Waals surface area contributed by atoms with Crippen LogP contribution in [0.2, 0.25) is 0 Å². The van der Waals surface area contributed by atoms with E-state index >= 15 is 0 Å². The van der Waals surface area contributed by atoms with E-state index in [9.17, 15) is 26.7 Å². The van der Waals surface area contributed by atoms with Crippen LogP contribution in [0.4, 0.5) is 0 Å². The molecule has 1 unspecified atom stereocenters. The van der Waals surface area contributed by atoms with Crippen LogP contribution in [-0.4, -0.2) is 52.7 Å². The average molecular weight is 409 g/mol. The second-order valence-electron chi connectivity index (χ2n) is 6.09. The number of carboxylic acid groups (broad SMARTS) is 1. The Morgan fingerprint density at radius 2 is 1.37 bits per heavy atom. The first kappa shape index (κ1) is 20.8. The van der Waals surface area contributed by atoms with Crippen molar-refractivity contribution in [2.75, 3.05) is 12.5 Å². The number of benzene rings is 2. The number of sulfone groups is 2. The molecule has 0 aliphatic rings. The highest BCUT2D eigenvalue weighted by Gasteiger charge is 2.17. The zero-order chi connectivity index (χ0) is 20.2. The maximum atomic E-state index is 11.5. The van der Waals surface area contributed by atoms with E-state index in [4.69, 9.17) is 0 Å². The van der Waals surface area contributed by atoms with E-state index in [1.54, 1.807) is 24.3 Å². The zero-order valence-electron chi connectivity index (χ0n) is 14.7. The summed E-state index contributed by atoms with van der Waals surface area (Å²) in [7, 11) is -6.61. The summed E-state index contributed by atoms with van der Waals surface area (Å²) in [5.74, 6) is -1.12. The molecule has 2 rings (SSSR count). The quantitative estimate of drug-likeness (QED) is 0.694. The number of hydrogen-bond acceptors (Lipinski definition) is 6. The molecule has 0 amide bonds. The Bertz CT molecular complexity index is 1050. The summed E-state index contributed by atoms with van der Waals surface area (Å²) in [4.78, 5) is 15.8. The third-order valence-corrected chi connectivity index (χ3v) is 6.03. The lowest BCUT2D eigenvalue weighted by Gasteiger charge is -2.08. The van der Waals surface area contributed by atoms with Crippen molar-refractivity contribution in [1.82, 2.24) is 0 Å².